The topological polar surface area (TPSA) is 83.8 Å². The van der Waals surface area contributed by atoms with Gasteiger partial charge in [-0.15, -0.1) is 0 Å². The molecule has 1 aromatic heterocycles. The molecule has 0 spiro atoms. The fourth-order valence-electron chi connectivity index (χ4n) is 1.91. The third-order valence-corrected chi connectivity index (χ3v) is 2.83. The molecule has 0 N–H and O–H groups in total. The van der Waals surface area contributed by atoms with Crippen molar-refractivity contribution >= 4 is 23.0 Å². The minimum Gasteiger partial charge on any atom is -0.449 e. The van der Waals surface area contributed by atoms with Crippen LogP contribution in [-0.4, -0.2) is 30.0 Å². The third kappa shape index (κ3) is 3.08. The van der Waals surface area contributed by atoms with Crippen LogP contribution in [0.25, 0.3) is 10.8 Å². The highest BCUT2D eigenvalue weighted by molar-refractivity contribution is 5.90. The van der Waals surface area contributed by atoms with Crippen LogP contribution in [0, 0.1) is 0 Å². The fraction of sp³-hybridized carbons (Fsp3) is 0.267. The number of nitrogens with zero attached hydrogens (tertiary/aromatic N) is 1. The maximum Gasteiger partial charge on any atom is 0.513 e. The standard InChI is InChI=1S/C15H15NO6/c1-3-20-14(18)16-9-8-10-11(13(16)17)6-5-7-12(10)22-15(19)21-4-2/h5-9H,3-4H2,1-2H3. The first kappa shape index (κ1) is 15.6. The fourth-order valence-corrected chi connectivity index (χ4v) is 1.91. The number of aromatic nitrogens is 1. The van der Waals surface area contributed by atoms with Gasteiger partial charge in [-0.2, -0.15) is 0 Å². The number of benzene rings is 1. The number of carbonyl (C=O) groups is 2. The molecule has 0 aliphatic rings. The van der Waals surface area contributed by atoms with Crippen molar-refractivity contribution in [1.29, 1.82) is 0 Å². The summed E-state index contributed by atoms with van der Waals surface area (Å²) in [7, 11) is 0. The monoisotopic (exact) mass is 305 g/mol. The first-order chi connectivity index (χ1) is 10.6. The van der Waals surface area contributed by atoms with Crippen LogP contribution >= 0.6 is 0 Å². The Morgan fingerprint density at radius 1 is 1.05 bits per heavy atom. The lowest BCUT2D eigenvalue weighted by molar-refractivity contribution is 0.105. The molecule has 0 saturated heterocycles. The quantitative estimate of drug-likeness (QED) is 0.640. The van der Waals surface area contributed by atoms with Crippen LogP contribution in [-0.2, 0) is 9.47 Å². The molecule has 1 aromatic carbocycles. The van der Waals surface area contributed by atoms with Crippen molar-refractivity contribution in [1.82, 2.24) is 4.57 Å². The molecule has 0 unspecified atom stereocenters. The number of pyridine rings is 1. The molecule has 0 saturated carbocycles. The molecule has 116 valence electrons. The Labute approximate surface area is 126 Å². The Hall–Kier alpha value is -2.83. The van der Waals surface area contributed by atoms with Crippen LogP contribution in [0.15, 0.2) is 35.3 Å². The largest absolute Gasteiger partial charge is 0.513 e. The Bertz CT molecular complexity index is 764. The molecule has 0 atom stereocenters. The molecule has 0 bridgehead atoms. The zero-order valence-electron chi connectivity index (χ0n) is 12.2. The predicted molar refractivity (Wildman–Crippen MR) is 78.3 cm³/mol. The van der Waals surface area contributed by atoms with E-state index in [9.17, 15) is 14.4 Å². The summed E-state index contributed by atoms with van der Waals surface area (Å²) in [6, 6.07) is 6.12. The van der Waals surface area contributed by atoms with Gasteiger partial charge in [0.05, 0.1) is 18.6 Å². The van der Waals surface area contributed by atoms with Crippen LogP contribution in [0.3, 0.4) is 0 Å². The summed E-state index contributed by atoms with van der Waals surface area (Å²) in [6.45, 7) is 3.65. The Morgan fingerprint density at radius 3 is 2.45 bits per heavy atom. The van der Waals surface area contributed by atoms with E-state index in [-0.39, 0.29) is 24.3 Å². The molecular weight excluding hydrogens is 290 g/mol. The molecule has 2 aromatic rings. The molecule has 0 aliphatic carbocycles. The summed E-state index contributed by atoms with van der Waals surface area (Å²) < 4.78 is 15.4. The lowest BCUT2D eigenvalue weighted by Crippen LogP contribution is -2.27. The SMILES string of the molecule is CCOC(=O)Oc1cccc2c(=O)n(C(=O)OCC)ccc12. The minimum absolute atomic E-state index is 0.162. The van der Waals surface area contributed by atoms with E-state index in [0.717, 1.165) is 4.57 Å². The number of ether oxygens (including phenoxy) is 3. The lowest BCUT2D eigenvalue weighted by Gasteiger charge is -2.09. The second-order valence-corrected chi connectivity index (χ2v) is 4.19. The van der Waals surface area contributed by atoms with E-state index < -0.39 is 17.8 Å². The summed E-state index contributed by atoms with van der Waals surface area (Å²) in [5.74, 6) is 0.184. The lowest BCUT2D eigenvalue weighted by atomic mass is 10.1. The van der Waals surface area contributed by atoms with Gasteiger partial charge >= 0.3 is 12.2 Å². The van der Waals surface area contributed by atoms with Gasteiger partial charge < -0.3 is 14.2 Å². The van der Waals surface area contributed by atoms with Gasteiger partial charge in [0, 0.05) is 11.6 Å². The number of fused-ring (bicyclic) bond motifs is 1. The summed E-state index contributed by atoms with van der Waals surface area (Å²) in [5, 5.41) is 0.637. The van der Waals surface area contributed by atoms with E-state index in [0.29, 0.717) is 5.39 Å². The summed E-state index contributed by atoms with van der Waals surface area (Å²) in [5.41, 5.74) is -0.551. The minimum atomic E-state index is -0.857. The number of carbonyl (C=O) groups excluding carboxylic acids is 2. The number of hydrogen-bond donors (Lipinski definition) is 0. The van der Waals surface area contributed by atoms with Crippen LogP contribution in [0.2, 0.25) is 0 Å². The van der Waals surface area contributed by atoms with E-state index >= 15 is 0 Å². The number of hydrogen-bond acceptors (Lipinski definition) is 6. The van der Waals surface area contributed by atoms with Crippen LogP contribution in [0.4, 0.5) is 9.59 Å². The smallest absolute Gasteiger partial charge is 0.449 e. The molecule has 0 aliphatic heterocycles. The highest BCUT2D eigenvalue weighted by Gasteiger charge is 2.14. The first-order valence-electron chi connectivity index (χ1n) is 6.74. The number of rotatable bonds is 3. The zero-order chi connectivity index (χ0) is 16.1. The van der Waals surface area contributed by atoms with Gasteiger partial charge in [-0.05, 0) is 32.0 Å². The van der Waals surface area contributed by atoms with Crippen molar-refractivity contribution < 1.29 is 23.8 Å². The highest BCUT2D eigenvalue weighted by atomic mass is 16.7. The van der Waals surface area contributed by atoms with E-state index in [1.54, 1.807) is 19.9 Å². The van der Waals surface area contributed by atoms with Crippen molar-refractivity contribution in [2.45, 2.75) is 13.8 Å². The zero-order valence-corrected chi connectivity index (χ0v) is 12.2. The maximum atomic E-state index is 12.3. The molecule has 1 heterocycles. The van der Waals surface area contributed by atoms with Gasteiger partial charge in [0.25, 0.3) is 5.56 Å². The van der Waals surface area contributed by atoms with Crippen molar-refractivity contribution in [3.63, 3.8) is 0 Å². The van der Waals surface area contributed by atoms with Crippen LogP contribution in [0.5, 0.6) is 5.75 Å². The van der Waals surface area contributed by atoms with Gasteiger partial charge in [0.15, 0.2) is 0 Å². The van der Waals surface area contributed by atoms with Gasteiger partial charge in [-0.1, -0.05) is 6.07 Å². The van der Waals surface area contributed by atoms with Crippen LogP contribution in [0.1, 0.15) is 13.8 Å². The van der Waals surface area contributed by atoms with Gasteiger partial charge in [-0.3, -0.25) is 4.79 Å². The molecule has 0 radical (unpaired) electrons. The average molecular weight is 305 g/mol. The van der Waals surface area contributed by atoms with Crippen molar-refractivity contribution in [3.8, 4) is 5.75 Å². The highest BCUT2D eigenvalue weighted by Crippen LogP contribution is 2.23. The van der Waals surface area contributed by atoms with E-state index in [4.69, 9.17) is 14.2 Å². The Balaban J connectivity index is 2.47. The normalized spacial score (nSPS) is 10.3. The predicted octanol–water partition coefficient (Wildman–Crippen LogP) is 2.54. The van der Waals surface area contributed by atoms with E-state index in [1.165, 1.54) is 24.4 Å². The van der Waals surface area contributed by atoms with Crippen molar-refractivity contribution in [2.24, 2.45) is 0 Å². The second-order valence-electron chi connectivity index (χ2n) is 4.19. The molecule has 0 amide bonds. The van der Waals surface area contributed by atoms with Gasteiger partial charge in [0.2, 0.25) is 0 Å². The van der Waals surface area contributed by atoms with Crippen molar-refractivity contribution in [3.05, 3.63) is 40.8 Å². The summed E-state index contributed by atoms with van der Waals surface area (Å²) >= 11 is 0. The molecular formula is C15H15NO6. The average Bonchev–Trinajstić information content (AvgIpc) is 2.48. The van der Waals surface area contributed by atoms with Crippen LogP contribution < -0.4 is 10.3 Å². The summed E-state index contributed by atoms with van der Waals surface area (Å²) in [6.07, 6.45) is -0.337. The molecule has 7 nitrogen and oxygen atoms in total. The second kappa shape index (κ2) is 6.75. The molecule has 2 rings (SSSR count). The first-order valence-corrected chi connectivity index (χ1v) is 6.74. The Morgan fingerprint density at radius 2 is 1.77 bits per heavy atom. The summed E-state index contributed by atoms with van der Waals surface area (Å²) in [4.78, 5) is 35.4. The molecule has 0 fully saturated rings. The van der Waals surface area contributed by atoms with Gasteiger partial charge in [-0.25, -0.2) is 14.2 Å². The van der Waals surface area contributed by atoms with Gasteiger partial charge in [0.1, 0.15) is 5.75 Å². The molecule has 7 heteroatoms. The molecule has 22 heavy (non-hydrogen) atoms. The third-order valence-electron chi connectivity index (χ3n) is 2.83. The van der Waals surface area contributed by atoms with E-state index in [1.807, 2.05) is 0 Å². The van der Waals surface area contributed by atoms with Crippen molar-refractivity contribution in [2.75, 3.05) is 13.2 Å². The van der Waals surface area contributed by atoms with E-state index in [2.05, 4.69) is 0 Å². The maximum absolute atomic E-state index is 12.3. The Kier molecular flexibility index (Phi) is 4.77.